The number of hydrogen-bond acceptors (Lipinski definition) is 1. The highest BCUT2D eigenvalue weighted by Gasteiger charge is 1.94. The highest BCUT2D eigenvalue weighted by Crippen LogP contribution is 2.09. The third-order valence-electron chi connectivity index (χ3n) is 2.17. The largest absolute Gasteiger partial charge is 0.300 e. The molecular weight excluding hydrogens is 172 g/mol. The molecule has 0 heterocycles. The second kappa shape index (κ2) is 7.54. The molecule has 0 amide bonds. The Balaban J connectivity index is 3.55. The van der Waals surface area contributed by atoms with Crippen LogP contribution in [0.3, 0.4) is 0 Å². The van der Waals surface area contributed by atoms with E-state index in [0.717, 1.165) is 19.3 Å². The molecule has 0 aliphatic carbocycles. The van der Waals surface area contributed by atoms with Crippen molar-refractivity contribution in [3.63, 3.8) is 0 Å². The van der Waals surface area contributed by atoms with Gasteiger partial charge >= 0.3 is 0 Å². The molecule has 1 nitrogen and oxygen atoms in total. The van der Waals surface area contributed by atoms with Gasteiger partial charge in [-0.1, -0.05) is 17.2 Å². The number of ketones is 1. The van der Waals surface area contributed by atoms with Gasteiger partial charge < -0.3 is 4.79 Å². The van der Waals surface area contributed by atoms with E-state index in [4.69, 9.17) is 0 Å². The molecule has 0 aromatic carbocycles. The van der Waals surface area contributed by atoms with Crippen molar-refractivity contribution >= 4 is 5.78 Å². The summed E-state index contributed by atoms with van der Waals surface area (Å²) < 4.78 is 0. The van der Waals surface area contributed by atoms with Gasteiger partial charge in [0, 0.05) is 6.42 Å². The van der Waals surface area contributed by atoms with Crippen LogP contribution >= 0.6 is 0 Å². The SMILES string of the molecule is C=C(C)CCCC=C(C)CCC(C)=O. The molecule has 0 spiro atoms. The average molecular weight is 194 g/mol. The molecule has 1 heteroatoms. The summed E-state index contributed by atoms with van der Waals surface area (Å²) in [6, 6.07) is 0. The van der Waals surface area contributed by atoms with Crippen LogP contribution in [0.15, 0.2) is 23.8 Å². The summed E-state index contributed by atoms with van der Waals surface area (Å²) in [5.41, 5.74) is 2.58. The first-order chi connectivity index (χ1) is 6.52. The van der Waals surface area contributed by atoms with E-state index in [9.17, 15) is 4.79 Å². The molecule has 0 aliphatic heterocycles. The summed E-state index contributed by atoms with van der Waals surface area (Å²) >= 11 is 0. The highest BCUT2D eigenvalue weighted by atomic mass is 16.1. The monoisotopic (exact) mass is 194 g/mol. The molecule has 0 radical (unpaired) electrons. The van der Waals surface area contributed by atoms with Gasteiger partial charge in [-0.25, -0.2) is 0 Å². The molecule has 0 bridgehead atoms. The molecule has 0 N–H and O–H groups in total. The van der Waals surface area contributed by atoms with Gasteiger partial charge in [-0.2, -0.15) is 0 Å². The van der Waals surface area contributed by atoms with Crippen molar-refractivity contribution in [2.24, 2.45) is 0 Å². The zero-order valence-corrected chi connectivity index (χ0v) is 9.73. The molecule has 80 valence electrons. The Morgan fingerprint density at radius 1 is 1.14 bits per heavy atom. The first-order valence-electron chi connectivity index (χ1n) is 5.32. The van der Waals surface area contributed by atoms with Gasteiger partial charge in [0.25, 0.3) is 0 Å². The van der Waals surface area contributed by atoms with Crippen LogP contribution in [0.5, 0.6) is 0 Å². The fourth-order valence-electron chi connectivity index (χ4n) is 1.23. The smallest absolute Gasteiger partial charge is 0.130 e. The zero-order valence-electron chi connectivity index (χ0n) is 9.73. The van der Waals surface area contributed by atoms with E-state index in [0.29, 0.717) is 6.42 Å². The first-order valence-corrected chi connectivity index (χ1v) is 5.32. The summed E-state index contributed by atoms with van der Waals surface area (Å²) in [7, 11) is 0. The second-order valence-corrected chi connectivity index (χ2v) is 4.10. The maximum Gasteiger partial charge on any atom is 0.130 e. The lowest BCUT2D eigenvalue weighted by atomic mass is 10.1. The molecule has 0 aromatic heterocycles. The predicted octanol–water partition coefficient (Wildman–Crippen LogP) is 4.05. The quantitative estimate of drug-likeness (QED) is 0.441. The maximum atomic E-state index is 10.7. The number of Topliss-reactive ketones (excluding diaryl/α,β-unsaturated/α-hetero) is 1. The number of carbonyl (C=O) groups excluding carboxylic acids is 1. The van der Waals surface area contributed by atoms with Crippen LogP contribution in [0.4, 0.5) is 0 Å². The molecule has 0 unspecified atom stereocenters. The zero-order chi connectivity index (χ0) is 11.0. The lowest BCUT2D eigenvalue weighted by molar-refractivity contribution is -0.116. The Morgan fingerprint density at radius 3 is 2.29 bits per heavy atom. The fourth-order valence-corrected chi connectivity index (χ4v) is 1.23. The van der Waals surface area contributed by atoms with E-state index in [1.54, 1.807) is 6.92 Å². The van der Waals surface area contributed by atoms with Crippen LogP contribution in [0.25, 0.3) is 0 Å². The van der Waals surface area contributed by atoms with E-state index >= 15 is 0 Å². The molecule has 0 aliphatic rings. The summed E-state index contributed by atoms with van der Waals surface area (Å²) in [4.78, 5) is 10.7. The van der Waals surface area contributed by atoms with E-state index in [1.165, 1.54) is 17.6 Å². The molecule has 0 aromatic rings. The minimum Gasteiger partial charge on any atom is -0.300 e. The standard InChI is InChI=1S/C13H22O/c1-11(2)7-5-6-8-12(3)9-10-13(4)14/h8H,1,5-7,9-10H2,2-4H3. The lowest BCUT2D eigenvalue weighted by Crippen LogP contribution is -1.89. The summed E-state index contributed by atoms with van der Waals surface area (Å²) in [5, 5.41) is 0. The lowest BCUT2D eigenvalue weighted by Gasteiger charge is -2.00. The van der Waals surface area contributed by atoms with Crippen LogP contribution in [0.2, 0.25) is 0 Å². The molecule has 0 fully saturated rings. The van der Waals surface area contributed by atoms with Crippen molar-refractivity contribution in [2.75, 3.05) is 0 Å². The fraction of sp³-hybridized carbons (Fsp3) is 0.615. The molecule has 0 atom stereocenters. The van der Waals surface area contributed by atoms with Crippen molar-refractivity contribution < 1.29 is 4.79 Å². The summed E-state index contributed by atoms with van der Waals surface area (Å²) in [5.74, 6) is 0.277. The highest BCUT2D eigenvalue weighted by molar-refractivity contribution is 5.75. The minimum absolute atomic E-state index is 0.277. The average Bonchev–Trinajstić information content (AvgIpc) is 2.08. The number of hydrogen-bond donors (Lipinski definition) is 0. The molecular formula is C13H22O. The van der Waals surface area contributed by atoms with Gasteiger partial charge in [-0.15, -0.1) is 6.58 Å². The normalized spacial score (nSPS) is 11.5. The predicted molar refractivity (Wildman–Crippen MR) is 62.3 cm³/mol. The minimum atomic E-state index is 0.277. The topological polar surface area (TPSA) is 17.1 Å². The Bertz CT molecular complexity index is 223. The molecule has 0 rings (SSSR count). The number of allylic oxidation sites excluding steroid dienone is 3. The Labute approximate surface area is 87.9 Å². The van der Waals surface area contributed by atoms with Crippen molar-refractivity contribution in [2.45, 2.75) is 52.9 Å². The Hall–Kier alpha value is -0.850. The van der Waals surface area contributed by atoms with Crippen LogP contribution in [0, 0.1) is 0 Å². The van der Waals surface area contributed by atoms with Gasteiger partial charge in [0.1, 0.15) is 5.78 Å². The summed E-state index contributed by atoms with van der Waals surface area (Å²) in [6.45, 7) is 9.68. The van der Waals surface area contributed by atoms with Gasteiger partial charge in [-0.3, -0.25) is 0 Å². The van der Waals surface area contributed by atoms with Gasteiger partial charge in [0.15, 0.2) is 0 Å². The van der Waals surface area contributed by atoms with Gasteiger partial charge in [0.2, 0.25) is 0 Å². The van der Waals surface area contributed by atoms with E-state index < -0.39 is 0 Å². The number of rotatable bonds is 7. The third-order valence-corrected chi connectivity index (χ3v) is 2.17. The van der Waals surface area contributed by atoms with Crippen molar-refractivity contribution in [3.05, 3.63) is 23.8 Å². The summed E-state index contributed by atoms with van der Waals surface area (Å²) in [6.07, 6.45) is 7.23. The van der Waals surface area contributed by atoms with Gasteiger partial charge in [0.05, 0.1) is 0 Å². The number of unbranched alkanes of at least 4 members (excludes halogenated alkanes) is 1. The van der Waals surface area contributed by atoms with Crippen molar-refractivity contribution in [1.82, 2.24) is 0 Å². The Morgan fingerprint density at radius 2 is 1.79 bits per heavy atom. The second-order valence-electron chi connectivity index (χ2n) is 4.10. The van der Waals surface area contributed by atoms with Crippen LogP contribution in [0.1, 0.15) is 52.9 Å². The van der Waals surface area contributed by atoms with Crippen LogP contribution < -0.4 is 0 Å². The van der Waals surface area contributed by atoms with Crippen molar-refractivity contribution in [3.8, 4) is 0 Å². The Kier molecular flexibility index (Phi) is 7.09. The first kappa shape index (κ1) is 13.2. The molecule has 0 saturated heterocycles. The van der Waals surface area contributed by atoms with Gasteiger partial charge in [-0.05, 0) is 46.5 Å². The van der Waals surface area contributed by atoms with E-state index in [1.807, 2.05) is 0 Å². The van der Waals surface area contributed by atoms with Crippen LogP contribution in [-0.2, 0) is 4.79 Å². The third kappa shape index (κ3) is 9.24. The van der Waals surface area contributed by atoms with Crippen LogP contribution in [-0.4, -0.2) is 5.78 Å². The van der Waals surface area contributed by atoms with E-state index in [-0.39, 0.29) is 5.78 Å². The van der Waals surface area contributed by atoms with E-state index in [2.05, 4.69) is 26.5 Å². The van der Waals surface area contributed by atoms with Crippen molar-refractivity contribution in [1.29, 1.82) is 0 Å². The number of carbonyl (C=O) groups is 1. The maximum absolute atomic E-state index is 10.7. The molecule has 14 heavy (non-hydrogen) atoms. The molecule has 0 saturated carbocycles.